The molecule has 28 heavy (non-hydrogen) atoms. The van der Waals surface area contributed by atoms with Gasteiger partial charge in [-0.2, -0.15) is 0 Å². The number of carbonyl (C=O) groups is 2. The Morgan fingerprint density at radius 1 is 1.11 bits per heavy atom. The Hall–Kier alpha value is -2.34. The first-order chi connectivity index (χ1) is 13.6. The maximum atomic E-state index is 13.4. The largest absolute Gasteiger partial charge is 0.351 e. The number of nitrogens with one attached hydrogen (secondary N) is 2. The van der Waals surface area contributed by atoms with E-state index in [-0.39, 0.29) is 23.0 Å². The van der Waals surface area contributed by atoms with Crippen molar-refractivity contribution in [3.05, 3.63) is 59.4 Å². The molecular weight excluding hydrogens is 375 g/mol. The summed E-state index contributed by atoms with van der Waals surface area (Å²) < 4.78 is 13.4. The van der Waals surface area contributed by atoms with Crippen molar-refractivity contribution >= 4 is 29.3 Å². The molecule has 4 nitrogen and oxygen atoms in total. The van der Waals surface area contributed by atoms with Gasteiger partial charge in [-0.25, -0.2) is 4.39 Å². The Bertz CT molecular complexity index is 892. The quantitative estimate of drug-likeness (QED) is 0.797. The fourth-order valence-electron chi connectivity index (χ4n) is 4.18. The van der Waals surface area contributed by atoms with Gasteiger partial charge in [0.2, 0.25) is 5.91 Å². The molecule has 2 amide bonds. The molecule has 1 aliphatic carbocycles. The lowest BCUT2D eigenvalue weighted by Crippen LogP contribution is -2.42. The van der Waals surface area contributed by atoms with Gasteiger partial charge in [0, 0.05) is 22.4 Å². The molecule has 4 rings (SSSR count). The zero-order chi connectivity index (χ0) is 19.6. The van der Waals surface area contributed by atoms with Crippen LogP contribution in [-0.2, 0) is 10.2 Å². The van der Waals surface area contributed by atoms with Gasteiger partial charge >= 0.3 is 0 Å². The molecule has 0 spiro atoms. The van der Waals surface area contributed by atoms with E-state index < -0.39 is 0 Å². The fraction of sp³-hybridized carbons (Fsp3) is 0.364. The van der Waals surface area contributed by atoms with E-state index in [0.29, 0.717) is 23.5 Å². The predicted molar refractivity (Wildman–Crippen MR) is 109 cm³/mol. The standard InChI is InChI=1S/C22H23FN2O2S/c23-17-7-5-16(6-8-17)22(10-2-1-3-11-22)14-24-21(27)15-4-9-19-18(12-15)25-20(26)13-28-19/h4-9,12H,1-3,10-11,13-14H2,(H,24,27)(H,25,26). The SMILES string of the molecule is O=C1CSc2ccc(C(=O)NCC3(c4ccc(F)cc4)CCCCC3)cc2N1. The number of anilines is 1. The van der Waals surface area contributed by atoms with Crippen molar-refractivity contribution in [2.75, 3.05) is 17.6 Å². The summed E-state index contributed by atoms with van der Waals surface area (Å²) in [4.78, 5) is 25.4. The maximum Gasteiger partial charge on any atom is 0.251 e. The molecule has 2 aliphatic rings. The number of fused-ring (bicyclic) bond motifs is 1. The van der Waals surface area contributed by atoms with Crippen LogP contribution in [0.15, 0.2) is 47.4 Å². The summed E-state index contributed by atoms with van der Waals surface area (Å²) in [6.07, 6.45) is 5.37. The summed E-state index contributed by atoms with van der Waals surface area (Å²) in [6.45, 7) is 0.523. The zero-order valence-electron chi connectivity index (χ0n) is 15.6. The number of hydrogen-bond donors (Lipinski definition) is 2. The third-order valence-electron chi connectivity index (χ3n) is 5.73. The lowest BCUT2D eigenvalue weighted by Gasteiger charge is -2.38. The summed E-state index contributed by atoms with van der Waals surface area (Å²) in [5, 5.41) is 5.91. The molecule has 1 heterocycles. The molecule has 0 atom stereocenters. The predicted octanol–water partition coefficient (Wildman–Crippen LogP) is 4.50. The second kappa shape index (κ2) is 7.95. The molecule has 6 heteroatoms. The Morgan fingerprint density at radius 3 is 2.61 bits per heavy atom. The van der Waals surface area contributed by atoms with Crippen LogP contribution >= 0.6 is 11.8 Å². The molecule has 1 aliphatic heterocycles. The van der Waals surface area contributed by atoms with E-state index in [1.54, 1.807) is 12.1 Å². The minimum absolute atomic E-state index is 0.0486. The molecule has 2 aromatic rings. The van der Waals surface area contributed by atoms with Gasteiger partial charge in [0.15, 0.2) is 0 Å². The molecule has 0 saturated heterocycles. The lowest BCUT2D eigenvalue weighted by molar-refractivity contribution is -0.113. The third kappa shape index (κ3) is 3.92. The van der Waals surface area contributed by atoms with Crippen molar-refractivity contribution in [1.82, 2.24) is 5.32 Å². The monoisotopic (exact) mass is 398 g/mol. The summed E-state index contributed by atoms with van der Waals surface area (Å²) in [5.74, 6) is -0.0430. The molecule has 0 aromatic heterocycles. The minimum atomic E-state index is -0.243. The van der Waals surface area contributed by atoms with Crippen molar-refractivity contribution in [3.63, 3.8) is 0 Å². The van der Waals surface area contributed by atoms with E-state index in [1.165, 1.54) is 30.3 Å². The van der Waals surface area contributed by atoms with Crippen molar-refractivity contribution in [2.45, 2.75) is 42.4 Å². The lowest BCUT2D eigenvalue weighted by atomic mass is 9.69. The number of rotatable bonds is 4. The van der Waals surface area contributed by atoms with Crippen molar-refractivity contribution in [1.29, 1.82) is 0 Å². The average molecular weight is 399 g/mol. The fourth-order valence-corrected chi connectivity index (χ4v) is 4.96. The van der Waals surface area contributed by atoms with Gasteiger partial charge < -0.3 is 10.6 Å². The van der Waals surface area contributed by atoms with E-state index in [0.717, 1.165) is 36.1 Å². The molecule has 1 saturated carbocycles. The van der Waals surface area contributed by atoms with E-state index in [2.05, 4.69) is 10.6 Å². The van der Waals surface area contributed by atoms with Crippen LogP contribution < -0.4 is 10.6 Å². The Kier molecular flexibility index (Phi) is 5.40. The smallest absolute Gasteiger partial charge is 0.251 e. The molecule has 0 bridgehead atoms. The molecule has 1 fully saturated rings. The first-order valence-electron chi connectivity index (χ1n) is 9.67. The topological polar surface area (TPSA) is 58.2 Å². The van der Waals surface area contributed by atoms with E-state index in [1.807, 2.05) is 18.2 Å². The Balaban J connectivity index is 1.51. The van der Waals surface area contributed by atoms with Gasteiger partial charge in [0.1, 0.15) is 5.82 Å². The zero-order valence-corrected chi connectivity index (χ0v) is 16.4. The van der Waals surface area contributed by atoms with Crippen LogP contribution in [0, 0.1) is 5.82 Å². The second-order valence-corrected chi connectivity index (χ2v) is 8.60. The second-order valence-electron chi connectivity index (χ2n) is 7.58. The number of carbonyl (C=O) groups excluding carboxylic acids is 2. The summed E-state index contributed by atoms with van der Waals surface area (Å²) in [6, 6.07) is 12.1. The van der Waals surface area contributed by atoms with Crippen molar-refractivity contribution in [2.24, 2.45) is 0 Å². The number of thioether (sulfide) groups is 1. The number of hydrogen-bond acceptors (Lipinski definition) is 3. The van der Waals surface area contributed by atoms with E-state index >= 15 is 0 Å². The molecule has 146 valence electrons. The van der Waals surface area contributed by atoms with Crippen LogP contribution in [0.1, 0.15) is 48.0 Å². The molecule has 2 N–H and O–H groups in total. The van der Waals surface area contributed by atoms with Crippen LogP contribution in [0.4, 0.5) is 10.1 Å². The van der Waals surface area contributed by atoms with E-state index in [4.69, 9.17) is 0 Å². The minimum Gasteiger partial charge on any atom is -0.351 e. The van der Waals surface area contributed by atoms with Gasteiger partial charge in [0.25, 0.3) is 5.91 Å². The van der Waals surface area contributed by atoms with Gasteiger partial charge in [-0.3, -0.25) is 9.59 Å². The van der Waals surface area contributed by atoms with Crippen molar-refractivity contribution in [3.8, 4) is 0 Å². The third-order valence-corrected chi connectivity index (χ3v) is 6.80. The molecule has 2 aromatic carbocycles. The molecular formula is C22H23FN2O2S. The molecule has 0 radical (unpaired) electrons. The summed E-state index contributed by atoms with van der Waals surface area (Å²) in [5.41, 5.74) is 2.16. The van der Waals surface area contributed by atoms with Crippen molar-refractivity contribution < 1.29 is 14.0 Å². The first kappa shape index (κ1) is 19.0. The van der Waals surface area contributed by atoms with Crippen LogP contribution in [0.3, 0.4) is 0 Å². The van der Waals surface area contributed by atoms with Gasteiger partial charge in [-0.1, -0.05) is 31.4 Å². The Labute approximate surface area is 168 Å². The van der Waals surface area contributed by atoms with Gasteiger partial charge in [0.05, 0.1) is 11.4 Å². The van der Waals surface area contributed by atoms with Crippen LogP contribution in [0.5, 0.6) is 0 Å². The highest BCUT2D eigenvalue weighted by Gasteiger charge is 2.34. The Morgan fingerprint density at radius 2 is 1.86 bits per heavy atom. The maximum absolute atomic E-state index is 13.4. The normalized spacial score (nSPS) is 18.1. The highest BCUT2D eigenvalue weighted by Crippen LogP contribution is 2.39. The first-order valence-corrected chi connectivity index (χ1v) is 10.7. The summed E-state index contributed by atoms with van der Waals surface area (Å²) in [7, 11) is 0. The van der Waals surface area contributed by atoms with Crippen LogP contribution in [0.2, 0.25) is 0 Å². The number of benzene rings is 2. The molecule has 0 unspecified atom stereocenters. The number of amides is 2. The van der Waals surface area contributed by atoms with Gasteiger partial charge in [-0.05, 0) is 48.7 Å². The highest BCUT2D eigenvalue weighted by atomic mass is 32.2. The van der Waals surface area contributed by atoms with Crippen LogP contribution in [-0.4, -0.2) is 24.1 Å². The van der Waals surface area contributed by atoms with Gasteiger partial charge in [-0.15, -0.1) is 11.8 Å². The summed E-state index contributed by atoms with van der Waals surface area (Å²) >= 11 is 1.48. The highest BCUT2D eigenvalue weighted by molar-refractivity contribution is 8.00. The average Bonchev–Trinajstić information content (AvgIpc) is 2.72. The van der Waals surface area contributed by atoms with Crippen LogP contribution in [0.25, 0.3) is 0 Å². The number of halogens is 1. The van der Waals surface area contributed by atoms with E-state index in [9.17, 15) is 14.0 Å².